The molecule has 0 aliphatic heterocycles. The molecule has 9 heteroatoms. The lowest BCUT2D eigenvalue weighted by Gasteiger charge is -2.07. The number of nitrogens with one attached hydrogen (secondary N) is 2. The highest BCUT2D eigenvalue weighted by Gasteiger charge is 2.12. The van der Waals surface area contributed by atoms with Gasteiger partial charge in [-0.2, -0.15) is 5.10 Å². The molecule has 0 radical (unpaired) electrons. The Morgan fingerprint density at radius 3 is 2.76 bits per heavy atom. The van der Waals surface area contributed by atoms with Crippen LogP contribution in [0.4, 0.5) is 5.82 Å². The van der Waals surface area contributed by atoms with Gasteiger partial charge >= 0.3 is 0 Å². The molecule has 0 spiro atoms. The average molecular weight is 371 g/mol. The van der Waals surface area contributed by atoms with Gasteiger partial charge < -0.3 is 0 Å². The highest BCUT2D eigenvalue weighted by molar-refractivity contribution is 7.12. The van der Waals surface area contributed by atoms with Crippen LogP contribution >= 0.6 is 22.9 Å². The molecule has 0 aliphatic carbocycles. The van der Waals surface area contributed by atoms with Gasteiger partial charge in [-0.05, 0) is 35.7 Å². The number of hydrogen-bond donors (Lipinski definition) is 2. The van der Waals surface area contributed by atoms with E-state index in [1.165, 1.54) is 17.7 Å². The number of nitrogens with zero attached hydrogens (tertiary/aromatic N) is 4. The second-order valence-corrected chi connectivity index (χ2v) is 6.43. The molecule has 0 atom stereocenters. The quantitative estimate of drug-likeness (QED) is 0.538. The highest BCUT2D eigenvalue weighted by Crippen LogP contribution is 2.22. The summed E-state index contributed by atoms with van der Waals surface area (Å²) in [6, 6.07) is 10.8. The zero-order valence-electron chi connectivity index (χ0n) is 12.7. The van der Waals surface area contributed by atoms with E-state index in [0.29, 0.717) is 26.8 Å². The number of aromatic nitrogens is 4. The predicted molar refractivity (Wildman–Crippen MR) is 97.1 cm³/mol. The van der Waals surface area contributed by atoms with E-state index >= 15 is 0 Å². The minimum absolute atomic E-state index is 0.230. The van der Waals surface area contributed by atoms with Gasteiger partial charge in [0.05, 0.1) is 22.1 Å². The van der Waals surface area contributed by atoms with Gasteiger partial charge in [0.25, 0.3) is 5.91 Å². The van der Waals surface area contributed by atoms with Gasteiger partial charge in [-0.25, -0.2) is 14.6 Å². The molecule has 0 bridgehead atoms. The predicted octanol–water partition coefficient (Wildman–Crippen LogP) is 3.29. The van der Waals surface area contributed by atoms with Crippen LogP contribution in [0.2, 0.25) is 5.02 Å². The topological polar surface area (TPSA) is 84.7 Å². The number of halogens is 1. The Morgan fingerprint density at radius 2 is 2.00 bits per heavy atom. The highest BCUT2D eigenvalue weighted by atomic mass is 35.5. The Labute approximate surface area is 151 Å². The molecule has 4 aromatic rings. The molecule has 0 aliphatic rings. The fourth-order valence-corrected chi connectivity index (χ4v) is 3.05. The molecule has 0 fully saturated rings. The fourth-order valence-electron chi connectivity index (χ4n) is 2.30. The average Bonchev–Trinajstić information content (AvgIpc) is 3.30. The number of anilines is 1. The summed E-state index contributed by atoms with van der Waals surface area (Å²) in [7, 11) is 0. The van der Waals surface area contributed by atoms with Gasteiger partial charge in [0, 0.05) is 5.02 Å². The van der Waals surface area contributed by atoms with Crippen LogP contribution in [0.1, 0.15) is 9.67 Å². The largest absolute Gasteiger partial charge is 0.281 e. The van der Waals surface area contributed by atoms with Crippen molar-refractivity contribution in [2.75, 3.05) is 5.43 Å². The maximum atomic E-state index is 12.0. The number of amides is 1. The van der Waals surface area contributed by atoms with Gasteiger partial charge in [0.2, 0.25) is 0 Å². The second-order valence-electron chi connectivity index (χ2n) is 5.05. The van der Waals surface area contributed by atoms with Crippen LogP contribution in [-0.2, 0) is 0 Å². The summed E-state index contributed by atoms with van der Waals surface area (Å²) in [5, 5.41) is 7.53. The summed E-state index contributed by atoms with van der Waals surface area (Å²) in [5.41, 5.74) is 6.90. The van der Waals surface area contributed by atoms with Gasteiger partial charge in [-0.15, -0.1) is 11.3 Å². The van der Waals surface area contributed by atoms with E-state index in [1.54, 1.807) is 29.1 Å². The Hall–Kier alpha value is -2.97. The van der Waals surface area contributed by atoms with Crippen molar-refractivity contribution < 1.29 is 4.79 Å². The molecule has 3 aromatic heterocycles. The summed E-state index contributed by atoms with van der Waals surface area (Å²) in [6.07, 6.45) is 3.06. The first-order valence-electron chi connectivity index (χ1n) is 7.27. The molecular weight excluding hydrogens is 360 g/mol. The SMILES string of the molecule is O=C(NNc1ncnc2c1cnn2-c1ccc(Cl)cc1)c1cccs1. The van der Waals surface area contributed by atoms with Crippen LogP contribution in [0.5, 0.6) is 0 Å². The lowest BCUT2D eigenvalue weighted by atomic mass is 10.3. The number of carbonyl (C=O) groups excluding carboxylic acids is 1. The van der Waals surface area contributed by atoms with Crippen LogP contribution in [0.25, 0.3) is 16.7 Å². The maximum Gasteiger partial charge on any atom is 0.279 e. The number of benzene rings is 1. The number of fused-ring (bicyclic) bond motifs is 1. The van der Waals surface area contributed by atoms with Crippen molar-refractivity contribution in [3.05, 3.63) is 64.2 Å². The third-order valence-corrected chi connectivity index (χ3v) is 4.60. The van der Waals surface area contributed by atoms with E-state index in [9.17, 15) is 4.79 Å². The molecule has 1 amide bonds. The normalized spacial score (nSPS) is 10.8. The van der Waals surface area contributed by atoms with E-state index in [4.69, 9.17) is 11.6 Å². The first-order valence-corrected chi connectivity index (χ1v) is 8.52. The van der Waals surface area contributed by atoms with Crippen LogP contribution < -0.4 is 10.9 Å². The first-order chi connectivity index (χ1) is 12.2. The molecule has 7 nitrogen and oxygen atoms in total. The third kappa shape index (κ3) is 3.04. The van der Waals surface area contributed by atoms with Crippen LogP contribution in [0.15, 0.2) is 54.3 Å². The standard InChI is InChI=1S/C16H11ClN6OS/c17-10-3-5-11(6-4-10)23-15-12(8-20-23)14(18-9-19-15)21-22-16(24)13-2-1-7-25-13/h1-9H,(H,22,24)(H,18,19,21). The Kier molecular flexibility index (Phi) is 4.04. The molecule has 0 unspecified atom stereocenters. The smallest absolute Gasteiger partial charge is 0.279 e. The Bertz CT molecular complexity index is 1030. The lowest BCUT2D eigenvalue weighted by molar-refractivity contribution is 0.0966. The molecule has 25 heavy (non-hydrogen) atoms. The van der Waals surface area contributed by atoms with Gasteiger partial charge in [-0.1, -0.05) is 17.7 Å². The molecule has 3 heterocycles. The van der Waals surface area contributed by atoms with Crippen LogP contribution in [0, 0.1) is 0 Å². The zero-order chi connectivity index (χ0) is 17.2. The Morgan fingerprint density at radius 1 is 1.16 bits per heavy atom. The lowest BCUT2D eigenvalue weighted by Crippen LogP contribution is -2.29. The fraction of sp³-hybridized carbons (Fsp3) is 0. The van der Waals surface area contributed by atoms with E-state index in [1.807, 2.05) is 23.6 Å². The minimum Gasteiger partial charge on any atom is -0.281 e. The molecular formula is C16H11ClN6OS. The van der Waals surface area contributed by atoms with E-state index in [-0.39, 0.29) is 5.91 Å². The molecule has 0 saturated carbocycles. The van der Waals surface area contributed by atoms with Crippen molar-refractivity contribution in [1.29, 1.82) is 0 Å². The van der Waals surface area contributed by atoms with E-state index in [2.05, 4.69) is 25.9 Å². The van der Waals surface area contributed by atoms with Crippen LogP contribution in [-0.4, -0.2) is 25.7 Å². The maximum absolute atomic E-state index is 12.0. The Balaban J connectivity index is 1.63. The van der Waals surface area contributed by atoms with Crippen molar-refractivity contribution >= 4 is 45.7 Å². The molecule has 1 aromatic carbocycles. The number of hydrogen-bond acceptors (Lipinski definition) is 6. The monoisotopic (exact) mass is 370 g/mol. The summed E-state index contributed by atoms with van der Waals surface area (Å²) in [5.74, 6) is 0.238. The van der Waals surface area contributed by atoms with Crippen molar-refractivity contribution in [1.82, 2.24) is 25.2 Å². The minimum atomic E-state index is -0.230. The van der Waals surface area contributed by atoms with Crippen molar-refractivity contribution in [3.8, 4) is 5.69 Å². The van der Waals surface area contributed by atoms with Gasteiger partial charge in [-0.3, -0.25) is 15.6 Å². The van der Waals surface area contributed by atoms with Gasteiger partial charge in [0.1, 0.15) is 6.33 Å². The summed E-state index contributed by atoms with van der Waals surface area (Å²) >= 11 is 7.29. The molecule has 4 rings (SSSR count). The first kappa shape index (κ1) is 15.6. The summed E-state index contributed by atoms with van der Waals surface area (Å²) < 4.78 is 1.68. The molecule has 2 N–H and O–H groups in total. The third-order valence-electron chi connectivity index (χ3n) is 3.48. The van der Waals surface area contributed by atoms with Crippen molar-refractivity contribution in [3.63, 3.8) is 0 Å². The van der Waals surface area contributed by atoms with Crippen LogP contribution in [0.3, 0.4) is 0 Å². The number of hydrazine groups is 1. The van der Waals surface area contributed by atoms with Crippen molar-refractivity contribution in [2.45, 2.75) is 0 Å². The van der Waals surface area contributed by atoms with E-state index in [0.717, 1.165) is 5.69 Å². The molecule has 0 saturated heterocycles. The molecule has 124 valence electrons. The van der Waals surface area contributed by atoms with Gasteiger partial charge in [0.15, 0.2) is 11.5 Å². The van der Waals surface area contributed by atoms with E-state index < -0.39 is 0 Å². The number of carbonyl (C=O) groups is 1. The zero-order valence-corrected chi connectivity index (χ0v) is 14.3. The number of thiophene rings is 1. The van der Waals surface area contributed by atoms with Crippen molar-refractivity contribution in [2.24, 2.45) is 0 Å². The number of rotatable bonds is 4. The summed E-state index contributed by atoms with van der Waals surface area (Å²) in [6.45, 7) is 0. The summed E-state index contributed by atoms with van der Waals surface area (Å²) in [4.78, 5) is 21.1. The second kappa shape index (κ2) is 6.50.